The number of nitrogens with one attached hydrogen (secondary N) is 1. The van der Waals surface area contributed by atoms with Gasteiger partial charge in [-0.3, -0.25) is 0 Å². The number of allylic oxidation sites excluding steroid dienone is 1. The van der Waals surface area contributed by atoms with Crippen LogP contribution in [0.15, 0.2) is 12.7 Å². The first-order valence-corrected chi connectivity index (χ1v) is 6.61. The van der Waals surface area contributed by atoms with Crippen LogP contribution in [0.2, 0.25) is 0 Å². The zero-order valence-corrected chi connectivity index (χ0v) is 11.0. The second-order valence-corrected chi connectivity index (χ2v) is 5.30. The molecule has 1 aliphatic heterocycles. The Balaban J connectivity index is 2.23. The fourth-order valence-corrected chi connectivity index (χ4v) is 2.43. The second kappa shape index (κ2) is 7.08. The third-order valence-electron chi connectivity index (χ3n) is 3.45. The summed E-state index contributed by atoms with van der Waals surface area (Å²) in [5, 5.41) is 3.62. The number of ether oxygens (including phenoxy) is 1. The average Bonchev–Trinajstić information content (AvgIpc) is 2.71. The molecule has 94 valence electrons. The van der Waals surface area contributed by atoms with Crippen molar-refractivity contribution in [2.45, 2.75) is 52.2 Å². The van der Waals surface area contributed by atoms with Crippen LogP contribution in [0.25, 0.3) is 0 Å². The minimum Gasteiger partial charge on any atom is -0.378 e. The van der Waals surface area contributed by atoms with Gasteiger partial charge in [0.05, 0.1) is 6.10 Å². The van der Waals surface area contributed by atoms with Crippen molar-refractivity contribution in [3.63, 3.8) is 0 Å². The van der Waals surface area contributed by atoms with E-state index in [9.17, 15) is 0 Å². The van der Waals surface area contributed by atoms with Gasteiger partial charge in [0.2, 0.25) is 0 Å². The molecule has 1 aliphatic rings. The molecule has 1 saturated heterocycles. The Morgan fingerprint density at radius 3 is 2.81 bits per heavy atom. The highest BCUT2D eigenvalue weighted by molar-refractivity contribution is 4.81. The van der Waals surface area contributed by atoms with Crippen LogP contribution in [0.5, 0.6) is 0 Å². The maximum atomic E-state index is 5.78. The molecule has 0 aromatic rings. The standard InChI is InChI=1S/C14H27NO/c1-5-6-7-12(4)15-10-13-8-9-16-14(13)11(2)3/h5,11-15H,1,6-10H2,2-4H3. The minimum atomic E-state index is 0.458. The van der Waals surface area contributed by atoms with E-state index in [2.05, 4.69) is 32.7 Å². The molecule has 16 heavy (non-hydrogen) atoms. The third-order valence-corrected chi connectivity index (χ3v) is 3.45. The lowest BCUT2D eigenvalue weighted by molar-refractivity contribution is 0.0535. The summed E-state index contributed by atoms with van der Waals surface area (Å²) < 4.78 is 5.78. The summed E-state index contributed by atoms with van der Waals surface area (Å²) in [6, 6.07) is 0.589. The van der Waals surface area contributed by atoms with Crippen LogP contribution in [-0.4, -0.2) is 25.3 Å². The van der Waals surface area contributed by atoms with Gasteiger partial charge in [-0.2, -0.15) is 0 Å². The molecule has 1 heterocycles. The fourth-order valence-electron chi connectivity index (χ4n) is 2.43. The van der Waals surface area contributed by atoms with E-state index >= 15 is 0 Å². The molecule has 3 atom stereocenters. The summed E-state index contributed by atoms with van der Waals surface area (Å²) >= 11 is 0. The molecule has 1 N–H and O–H groups in total. The van der Waals surface area contributed by atoms with Crippen molar-refractivity contribution >= 4 is 0 Å². The Morgan fingerprint density at radius 2 is 2.19 bits per heavy atom. The van der Waals surface area contributed by atoms with Crippen LogP contribution in [0.3, 0.4) is 0 Å². The molecule has 0 aliphatic carbocycles. The van der Waals surface area contributed by atoms with Crippen LogP contribution >= 0.6 is 0 Å². The Kier molecular flexibility index (Phi) is 6.07. The predicted molar refractivity (Wildman–Crippen MR) is 69.6 cm³/mol. The molecule has 0 aromatic heterocycles. The molecule has 2 heteroatoms. The van der Waals surface area contributed by atoms with Crippen LogP contribution in [0.1, 0.15) is 40.0 Å². The Bertz CT molecular complexity index is 203. The molecule has 0 bridgehead atoms. The van der Waals surface area contributed by atoms with Gasteiger partial charge in [0.1, 0.15) is 0 Å². The molecule has 1 rings (SSSR count). The van der Waals surface area contributed by atoms with Gasteiger partial charge in [-0.15, -0.1) is 6.58 Å². The Labute approximate surface area is 100 Å². The van der Waals surface area contributed by atoms with Crippen molar-refractivity contribution < 1.29 is 4.74 Å². The lowest BCUT2D eigenvalue weighted by Crippen LogP contribution is -2.36. The molecule has 0 aromatic carbocycles. The van der Waals surface area contributed by atoms with E-state index < -0.39 is 0 Å². The van der Waals surface area contributed by atoms with Gasteiger partial charge in [0, 0.05) is 19.2 Å². The van der Waals surface area contributed by atoms with Crippen molar-refractivity contribution in [1.82, 2.24) is 5.32 Å². The van der Waals surface area contributed by atoms with Gasteiger partial charge in [0.25, 0.3) is 0 Å². The van der Waals surface area contributed by atoms with Gasteiger partial charge in [-0.25, -0.2) is 0 Å². The van der Waals surface area contributed by atoms with Gasteiger partial charge < -0.3 is 10.1 Å². The van der Waals surface area contributed by atoms with Crippen molar-refractivity contribution in [2.24, 2.45) is 11.8 Å². The highest BCUT2D eigenvalue weighted by Gasteiger charge is 2.30. The lowest BCUT2D eigenvalue weighted by atomic mass is 9.93. The largest absolute Gasteiger partial charge is 0.378 e. The van der Waals surface area contributed by atoms with Gasteiger partial charge in [-0.1, -0.05) is 19.9 Å². The van der Waals surface area contributed by atoms with Crippen LogP contribution in [0, 0.1) is 11.8 Å². The molecule has 0 amide bonds. The normalized spacial score (nSPS) is 27.2. The number of rotatable bonds is 7. The molecule has 0 spiro atoms. The SMILES string of the molecule is C=CCCC(C)NCC1CCOC1C(C)C. The van der Waals surface area contributed by atoms with Crippen molar-refractivity contribution in [3.05, 3.63) is 12.7 Å². The van der Waals surface area contributed by atoms with Gasteiger partial charge in [0.15, 0.2) is 0 Å². The van der Waals surface area contributed by atoms with Crippen LogP contribution in [0.4, 0.5) is 0 Å². The topological polar surface area (TPSA) is 21.3 Å². The highest BCUT2D eigenvalue weighted by atomic mass is 16.5. The first-order valence-electron chi connectivity index (χ1n) is 6.61. The molecule has 1 fully saturated rings. The quantitative estimate of drug-likeness (QED) is 0.673. The first kappa shape index (κ1) is 13.7. The molecular weight excluding hydrogens is 198 g/mol. The fraction of sp³-hybridized carbons (Fsp3) is 0.857. The van der Waals surface area contributed by atoms with E-state index in [0.29, 0.717) is 24.0 Å². The van der Waals surface area contributed by atoms with Crippen molar-refractivity contribution in [2.75, 3.05) is 13.2 Å². The van der Waals surface area contributed by atoms with Crippen molar-refractivity contribution in [3.8, 4) is 0 Å². The maximum absolute atomic E-state index is 5.78. The highest BCUT2D eigenvalue weighted by Crippen LogP contribution is 2.26. The average molecular weight is 225 g/mol. The molecule has 0 radical (unpaired) electrons. The van der Waals surface area contributed by atoms with E-state index in [1.807, 2.05) is 6.08 Å². The second-order valence-electron chi connectivity index (χ2n) is 5.30. The van der Waals surface area contributed by atoms with E-state index in [-0.39, 0.29) is 0 Å². The van der Waals surface area contributed by atoms with Crippen LogP contribution < -0.4 is 5.32 Å². The monoisotopic (exact) mass is 225 g/mol. The number of hydrogen-bond donors (Lipinski definition) is 1. The van der Waals surface area contributed by atoms with E-state index in [0.717, 1.165) is 19.6 Å². The van der Waals surface area contributed by atoms with Gasteiger partial charge in [-0.05, 0) is 38.0 Å². The lowest BCUT2D eigenvalue weighted by Gasteiger charge is -2.24. The molecule has 2 nitrogen and oxygen atoms in total. The predicted octanol–water partition coefficient (Wildman–Crippen LogP) is 2.99. The van der Waals surface area contributed by atoms with Crippen molar-refractivity contribution in [1.29, 1.82) is 0 Å². The van der Waals surface area contributed by atoms with E-state index in [4.69, 9.17) is 4.74 Å². The first-order chi connectivity index (χ1) is 7.65. The third kappa shape index (κ3) is 4.26. The van der Waals surface area contributed by atoms with Gasteiger partial charge >= 0.3 is 0 Å². The summed E-state index contributed by atoms with van der Waals surface area (Å²) in [6.45, 7) is 12.6. The number of hydrogen-bond acceptors (Lipinski definition) is 2. The molecule has 3 unspecified atom stereocenters. The summed E-state index contributed by atoms with van der Waals surface area (Å²) in [4.78, 5) is 0. The zero-order valence-electron chi connectivity index (χ0n) is 11.0. The zero-order chi connectivity index (χ0) is 12.0. The summed E-state index contributed by atoms with van der Waals surface area (Å²) in [5.74, 6) is 1.34. The minimum absolute atomic E-state index is 0.458. The summed E-state index contributed by atoms with van der Waals surface area (Å²) in [5.41, 5.74) is 0. The molecular formula is C14H27NO. The van der Waals surface area contributed by atoms with E-state index in [1.165, 1.54) is 12.8 Å². The Hall–Kier alpha value is -0.340. The maximum Gasteiger partial charge on any atom is 0.0639 e. The molecule has 0 saturated carbocycles. The smallest absolute Gasteiger partial charge is 0.0639 e. The Morgan fingerprint density at radius 1 is 1.44 bits per heavy atom. The van der Waals surface area contributed by atoms with E-state index in [1.54, 1.807) is 0 Å². The van der Waals surface area contributed by atoms with Crippen LogP contribution in [-0.2, 0) is 4.74 Å². The summed E-state index contributed by atoms with van der Waals surface area (Å²) in [7, 11) is 0. The summed E-state index contributed by atoms with van der Waals surface area (Å²) in [6.07, 6.45) is 5.95.